The summed E-state index contributed by atoms with van der Waals surface area (Å²) in [5.74, 6) is -0.717. The van der Waals surface area contributed by atoms with E-state index in [4.69, 9.17) is 4.42 Å². The van der Waals surface area contributed by atoms with E-state index in [1.165, 1.54) is 6.07 Å². The molecule has 0 aliphatic heterocycles. The Bertz CT molecular complexity index is 1850. The SMILES string of the molecule is O=C1c2cc([N+](=O)[O-])ccc2-c2c1cc([N+](=O)[O-])cc2[N+](=O)[O-].O=c1c2ccccc2oc2ccccc12. The molecule has 0 fully saturated rings. The minimum atomic E-state index is -0.841. The summed E-state index contributed by atoms with van der Waals surface area (Å²) in [5.41, 5.74) is -0.412. The summed E-state index contributed by atoms with van der Waals surface area (Å²) in [6, 6.07) is 19.7. The number of nitrogens with zero attached hydrogens (tertiary/aromatic N) is 3. The highest BCUT2D eigenvalue weighted by atomic mass is 16.6. The number of rotatable bonds is 3. The molecule has 0 radical (unpaired) electrons. The van der Waals surface area contributed by atoms with Crippen molar-refractivity contribution >= 4 is 44.8 Å². The Morgan fingerprint density at radius 3 is 1.68 bits per heavy atom. The minimum Gasteiger partial charge on any atom is -0.456 e. The van der Waals surface area contributed by atoms with E-state index in [2.05, 4.69) is 0 Å². The summed E-state index contributed by atoms with van der Waals surface area (Å²) in [6.45, 7) is 0. The predicted molar refractivity (Wildman–Crippen MR) is 135 cm³/mol. The van der Waals surface area contributed by atoms with E-state index in [1.54, 1.807) is 12.1 Å². The first-order valence-corrected chi connectivity index (χ1v) is 10.9. The van der Waals surface area contributed by atoms with Crippen molar-refractivity contribution in [1.29, 1.82) is 0 Å². The van der Waals surface area contributed by atoms with Crippen molar-refractivity contribution in [3.8, 4) is 11.1 Å². The monoisotopic (exact) mass is 511 g/mol. The fourth-order valence-corrected chi connectivity index (χ4v) is 4.27. The van der Waals surface area contributed by atoms with Crippen LogP contribution in [0, 0.1) is 30.3 Å². The molecule has 12 nitrogen and oxygen atoms in total. The summed E-state index contributed by atoms with van der Waals surface area (Å²) in [7, 11) is 0. The summed E-state index contributed by atoms with van der Waals surface area (Å²) in [4.78, 5) is 54.9. The average molecular weight is 511 g/mol. The van der Waals surface area contributed by atoms with Crippen LogP contribution in [0.5, 0.6) is 0 Å². The zero-order valence-corrected chi connectivity index (χ0v) is 19.0. The first-order chi connectivity index (χ1) is 18.2. The van der Waals surface area contributed by atoms with Crippen LogP contribution in [0.2, 0.25) is 0 Å². The van der Waals surface area contributed by atoms with Gasteiger partial charge in [-0.2, -0.15) is 0 Å². The van der Waals surface area contributed by atoms with Gasteiger partial charge in [-0.05, 0) is 30.3 Å². The quantitative estimate of drug-likeness (QED) is 0.167. The molecule has 1 aromatic heterocycles. The summed E-state index contributed by atoms with van der Waals surface area (Å²) >= 11 is 0. The zero-order chi connectivity index (χ0) is 27.1. The molecule has 4 aromatic carbocycles. The van der Waals surface area contributed by atoms with Gasteiger partial charge in [-0.15, -0.1) is 0 Å². The van der Waals surface area contributed by atoms with Gasteiger partial charge in [0, 0.05) is 34.9 Å². The van der Waals surface area contributed by atoms with Gasteiger partial charge in [0.1, 0.15) is 11.2 Å². The Labute approximate surface area is 210 Å². The molecule has 1 aliphatic rings. The van der Waals surface area contributed by atoms with E-state index in [1.807, 2.05) is 36.4 Å². The van der Waals surface area contributed by atoms with Crippen LogP contribution < -0.4 is 5.43 Å². The molecule has 5 aromatic rings. The molecule has 186 valence electrons. The van der Waals surface area contributed by atoms with Gasteiger partial charge in [0.05, 0.1) is 37.2 Å². The number of carbonyl (C=O) groups excluding carboxylic acids is 1. The Morgan fingerprint density at radius 1 is 0.579 bits per heavy atom. The molecule has 0 unspecified atom stereocenters. The van der Waals surface area contributed by atoms with Crippen molar-refractivity contribution in [2.75, 3.05) is 0 Å². The van der Waals surface area contributed by atoms with Crippen molar-refractivity contribution in [1.82, 2.24) is 0 Å². The van der Waals surface area contributed by atoms with E-state index >= 15 is 0 Å². The fourth-order valence-electron chi connectivity index (χ4n) is 4.27. The van der Waals surface area contributed by atoms with E-state index < -0.39 is 31.9 Å². The Kier molecular flexibility index (Phi) is 5.68. The highest BCUT2D eigenvalue weighted by molar-refractivity contribution is 6.23. The number of nitro benzene ring substituents is 3. The third-order valence-corrected chi connectivity index (χ3v) is 5.97. The second kappa shape index (κ2) is 9.02. The van der Waals surface area contributed by atoms with E-state index in [9.17, 15) is 39.9 Å². The van der Waals surface area contributed by atoms with Gasteiger partial charge in [-0.1, -0.05) is 24.3 Å². The van der Waals surface area contributed by atoms with Crippen LogP contribution in [-0.2, 0) is 0 Å². The van der Waals surface area contributed by atoms with Crippen molar-refractivity contribution in [2.24, 2.45) is 0 Å². The van der Waals surface area contributed by atoms with Gasteiger partial charge in [0.15, 0.2) is 5.78 Å². The number of carbonyl (C=O) groups is 1. The van der Waals surface area contributed by atoms with Gasteiger partial charge in [0.25, 0.3) is 17.1 Å². The minimum absolute atomic E-state index is 0.0347. The van der Waals surface area contributed by atoms with Crippen molar-refractivity contribution in [3.63, 3.8) is 0 Å². The van der Waals surface area contributed by atoms with Crippen molar-refractivity contribution in [2.45, 2.75) is 0 Å². The topological polar surface area (TPSA) is 177 Å². The molecule has 0 spiro atoms. The number of ketones is 1. The highest BCUT2D eigenvalue weighted by Gasteiger charge is 2.36. The van der Waals surface area contributed by atoms with Gasteiger partial charge in [-0.25, -0.2) is 0 Å². The number of hydrogen-bond acceptors (Lipinski definition) is 9. The first kappa shape index (κ1) is 23.9. The first-order valence-electron chi connectivity index (χ1n) is 10.9. The van der Waals surface area contributed by atoms with Crippen LogP contribution in [0.3, 0.4) is 0 Å². The van der Waals surface area contributed by atoms with Crippen LogP contribution in [0.4, 0.5) is 17.1 Å². The van der Waals surface area contributed by atoms with Gasteiger partial charge >= 0.3 is 0 Å². The van der Waals surface area contributed by atoms with E-state index in [0.29, 0.717) is 21.9 Å². The Hall–Kier alpha value is -5.78. The van der Waals surface area contributed by atoms with Crippen molar-refractivity contribution < 1.29 is 24.0 Å². The maximum absolute atomic E-state index is 12.3. The molecular weight excluding hydrogens is 498 g/mol. The molecule has 0 saturated carbocycles. The summed E-state index contributed by atoms with van der Waals surface area (Å²) in [6.07, 6.45) is 0. The largest absolute Gasteiger partial charge is 0.456 e. The lowest BCUT2D eigenvalue weighted by Crippen LogP contribution is -2.01. The smallest absolute Gasteiger partial charge is 0.284 e. The molecule has 0 saturated heterocycles. The predicted octanol–water partition coefficient (Wildman–Crippen LogP) is 5.57. The van der Waals surface area contributed by atoms with Crippen LogP contribution in [0.1, 0.15) is 15.9 Å². The zero-order valence-electron chi connectivity index (χ0n) is 19.0. The van der Waals surface area contributed by atoms with E-state index in [0.717, 1.165) is 24.3 Å². The van der Waals surface area contributed by atoms with Gasteiger partial charge in [-0.3, -0.25) is 39.9 Å². The van der Waals surface area contributed by atoms with Gasteiger partial charge < -0.3 is 4.42 Å². The number of para-hydroxylation sites is 2. The molecule has 0 amide bonds. The van der Waals surface area contributed by atoms with Crippen LogP contribution in [0.25, 0.3) is 33.1 Å². The lowest BCUT2D eigenvalue weighted by atomic mass is 10.0. The molecular formula is C26H13N3O9. The summed E-state index contributed by atoms with van der Waals surface area (Å²) in [5, 5.41) is 34.1. The Morgan fingerprint density at radius 2 is 1.13 bits per heavy atom. The number of non-ortho nitro benzene ring substituents is 2. The lowest BCUT2D eigenvalue weighted by Gasteiger charge is -2.02. The number of fused-ring (bicyclic) bond motifs is 5. The molecule has 1 aliphatic carbocycles. The number of hydrogen-bond donors (Lipinski definition) is 0. The normalized spacial score (nSPS) is 11.4. The maximum Gasteiger partial charge on any atom is 0.284 e. The average Bonchev–Trinajstić information content (AvgIpc) is 3.20. The number of benzene rings is 4. The van der Waals surface area contributed by atoms with E-state index in [-0.39, 0.29) is 33.4 Å². The third-order valence-electron chi connectivity index (χ3n) is 5.97. The molecule has 0 bridgehead atoms. The Balaban J connectivity index is 0.000000168. The van der Waals surface area contributed by atoms with Crippen molar-refractivity contribution in [3.05, 3.63) is 131 Å². The second-order valence-electron chi connectivity index (χ2n) is 8.14. The highest BCUT2D eigenvalue weighted by Crippen LogP contribution is 2.45. The fraction of sp³-hybridized carbons (Fsp3) is 0. The second-order valence-corrected chi connectivity index (χ2v) is 8.14. The molecule has 38 heavy (non-hydrogen) atoms. The maximum atomic E-state index is 12.3. The third kappa shape index (κ3) is 3.91. The molecule has 6 rings (SSSR count). The van der Waals surface area contributed by atoms with Crippen LogP contribution in [-0.4, -0.2) is 20.6 Å². The standard InChI is InChI=1S/C13H5N3O7.C13H8O2/c17-13-9-3-6(14(18)19)1-2-8(9)12-10(13)4-7(15(20)21)5-11(12)16(22)23;14-13-9-5-1-3-7-11(9)15-12-8-4-2-6-10(12)13/h1-5H;1-8H. The number of nitro groups is 3. The summed E-state index contributed by atoms with van der Waals surface area (Å²) < 4.78 is 5.63. The molecule has 0 N–H and O–H groups in total. The van der Waals surface area contributed by atoms with Crippen LogP contribution in [0.15, 0.2) is 88.1 Å². The van der Waals surface area contributed by atoms with Gasteiger partial charge in [0.2, 0.25) is 5.43 Å². The molecule has 1 heterocycles. The molecule has 12 heteroatoms. The molecule has 0 atom stereocenters. The lowest BCUT2D eigenvalue weighted by molar-refractivity contribution is -0.393. The van der Waals surface area contributed by atoms with Crippen LogP contribution >= 0.6 is 0 Å².